The van der Waals surface area contributed by atoms with Gasteiger partial charge >= 0.3 is 6.09 Å². The molecular formula is C16H20BrClN4O3. The quantitative estimate of drug-likeness (QED) is 0.689. The van der Waals surface area contributed by atoms with Crippen LogP contribution in [0.5, 0.6) is 0 Å². The molecule has 1 atom stereocenters. The minimum absolute atomic E-state index is 0.230. The Kier molecular flexibility index (Phi) is 5.22. The van der Waals surface area contributed by atoms with Gasteiger partial charge in [-0.05, 0) is 43.1 Å². The van der Waals surface area contributed by atoms with Crippen LogP contribution in [0.4, 0.5) is 10.6 Å². The molecule has 0 spiro atoms. The van der Waals surface area contributed by atoms with Crippen LogP contribution in [0, 0.1) is 5.92 Å². The Balaban J connectivity index is 2.02. The van der Waals surface area contributed by atoms with Crippen LogP contribution in [0.25, 0.3) is 5.65 Å². The molecule has 0 aliphatic carbocycles. The van der Waals surface area contributed by atoms with Crippen LogP contribution < -0.4 is 4.90 Å². The lowest BCUT2D eigenvalue weighted by Crippen LogP contribution is -2.41. The highest BCUT2D eigenvalue weighted by Gasteiger charge is 2.30. The number of rotatable bonds is 3. The molecule has 0 radical (unpaired) electrons. The zero-order valence-corrected chi connectivity index (χ0v) is 16.7. The fourth-order valence-corrected chi connectivity index (χ4v) is 3.17. The number of aromatic nitrogens is 3. The summed E-state index contributed by atoms with van der Waals surface area (Å²) in [7, 11) is 0. The maximum Gasteiger partial charge on any atom is 0.416 e. The molecule has 0 aromatic carbocycles. The number of carbonyl (C=O) groups excluding carboxylic acids is 1. The van der Waals surface area contributed by atoms with Gasteiger partial charge in [0.15, 0.2) is 5.65 Å². The van der Waals surface area contributed by atoms with Crippen molar-refractivity contribution in [2.75, 3.05) is 24.7 Å². The van der Waals surface area contributed by atoms with E-state index in [0.29, 0.717) is 35.7 Å². The minimum atomic E-state index is -0.609. The first kappa shape index (κ1) is 18.4. The highest BCUT2D eigenvalue weighted by atomic mass is 79.9. The van der Waals surface area contributed by atoms with Crippen molar-refractivity contribution < 1.29 is 14.3 Å². The molecule has 1 aliphatic heterocycles. The zero-order chi connectivity index (χ0) is 18.2. The highest BCUT2D eigenvalue weighted by Crippen LogP contribution is 2.27. The van der Waals surface area contributed by atoms with E-state index in [9.17, 15) is 4.79 Å². The Morgan fingerprint density at radius 3 is 2.96 bits per heavy atom. The maximum atomic E-state index is 12.9. The average molecular weight is 432 g/mol. The Labute approximate surface area is 159 Å². The van der Waals surface area contributed by atoms with Crippen LogP contribution in [-0.2, 0) is 9.47 Å². The fourth-order valence-electron chi connectivity index (χ4n) is 2.65. The second-order valence-corrected chi connectivity index (χ2v) is 8.23. The third-order valence-corrected chi connectivity index (χ3v) is 4.49. The molecule has 1 amide bonds. The van der Waals surface area contributed by atoms with E-state index in [1.807, 2.05) is 20.8 Å². The number of hydrogen-bond donors (Lipinski definition) is 0. The van der Waals surface area contributed by atoms with E-state index in [-0.39, 0.29) is 11.1 Å². The molecular weight excluding hydrogens is 412 g/mol. The first-order valence-corrected chi connectivity index (χ1v) is 9.20. The van der Waals surface area contributed by atoms with Gasteiger partial charge in [0.2, 0.25) is 0 Å². The second-order valence-electron chi connectivity index (χ2n) is 6.99. The summed E-state index contributed by atoms with van der Waals surface area (Å²) in [4.78, 5) is 18.7. The van der Waals surface area contributed by atoms with Gasteiger partial charge in [0, 0.05) is 25.1 Å². The van der Waals surface area contributed by atoms with E-state index >= 15 is 0 Å². The number of anilines is 1. The summed E-state index contributed by atoms with van der Waals surface area (Å²) >= 11 is 9.57. The SMILES string of the molecule is CC(C)(C)OC(=O)N(CC1CCOC1)c1cc(Cl)nc2c(Br)cnn12. The Bertz CT molecular complexity index is 784. The third-order valence-electron chi connectivity index (χ3n) is 3.73. The van der Waals surface area contributed by atoms with Crippen LogP contribution in [-0.4, -0.2) is 46.1 Å². The summed E-state index contributed by atoms with van der Waals surface area (Å²) in [5, 5.41) is 4.58. The van der Waals surface area contributed by atoms with Gasteiger partial charge in [0.1, 0.15) is 16.6 Å². The van der Waals surface area contributed by atoms with E-state index < -0.39 is 11.7 Å². The van der Waals surface area contributed by atoms with Gasteiger partial charge in [-0.15, -0.1) is 0 Å². The molecule has 1 fully saturated rings. The monoisotopic (exact) mass is 430 g/mol. The van der Waals surface area contributed by atoms with Gasteiger partial charge in [-0.25, -0.2) is 9.78 Å². The smallest absolute Gasteiger partial charge is 0.416 e. The molecule has 7 nitrogen and oxygen atoms in total. The van der Waals surface area contributed by atoms with Crippen molar-refractivity contribution >= 4 is 45.1 Å². The molecule has 0 bridgehead atoms. The largest absolute Gasteiger partial charge is 0.443 e. The van der Waals surface area contributed by atoms with Crippen molar-refractivity contribution in [2.24, 2.45) is 5.92 Å². The Morgan fingerprint density at radius 2 is 2.32 bits per heavy atom. The lowest BCUT2D eigenvalue weighted by atomic mass is 10.1. The number of nitrogens with zero attached hydrogens (tertiary/aromatic N) is 4. The minimum Gasteiger partial charge on any atom is -0.443 e. The van der Waals surface area contributed by atoms with E-state index in [4.69, 9.17) is 21.1 Å². The van der Waals surface area contributed by atoms with Crippen LogP contribution in [0.3, 0.4) is 0 Å². The van der Waals surface area contributed by atoms with Crippen LogP contribution in [0.2, 0.25) is 5.15 Å². The molecule has 1 unspecified atom stereocenters. The average Bonchev–Trinajstić information content (AvgIpc) is 3.13. The molecule has 136 valence electrons. The maximum absolute atomic E-state index is 12.9. The summed E-state index contributed by atoms with van der Waals surface area (Å²) in [6.45, 7) is 7.28. The van der Waals surface area contributed by atoms with Crippen molar-refractivity contribution in [2.45, 2.75) is 32.8 Å². The summed E-state index contributed by atoms with van der Waals surface area (Å²) < 4.78 is 13.3. The first-order chi connectivity index (χ1) is 11.7. The molecule has 0 N–H and O–H groups in total. The summed E-state index contributed by atoms with van der Waals surface area (Å²) in [5.41, 5.74) is -0.0685. The van der Waals surface area contributed by atoms with Gasteiger partial charge < -0.3 is 9.47 Å². The molecule has 1 aliphatic rings. The number of fused-ring (bicyclic) bond motifs is 1. The van der Waals surface area contributed by atoms with Crippen molar-refractivity contribution in [3.8, 4) is 0 Å². The Morgan fingerprint density at radius 1 is 1.56 bits per heavy atom. The number of hydrogen-bond acceptors (Lipinski definition) is 5. The van der Waals surface area contributed by atoms with E-state index in [1.54, 1.807) is 21.7 Å². The van der Waals surface area contributed by atoms with Crippen LogP contribution in [0.15, 0.2) is 16.7 Å². The van der Waals surface area contributed by atoms with Crippen molar-refractivity contribution in [1.29, 1.82) is 0 Å². The number of amides is 1. The van der Waals surface area contributed by atoms with Gasteiger partial charge in [0.25, 0.3) is 0 Å². The molecule has 1 saturated heterocycles. The van der Waals surface area contributed by atoms with E-state index in [0.717, 1.165) is 6.42 Å². The molecule has 3 heterocycles. The molecule has 2 aromatic rings. The number of halogens is 2. The van der Waals surface area contributed by atoms with Gasteiger partial charge in [0.05, 0.1) is 17.3 Å². The number of carbonyl (C=O) groups is 1. The molecule has 3 rings (SSSR count). The van der Waals surface area contributed by atoms with Crippen LogP contribution >= 0.6 is 27.5 Å². The zero-order valence-electron chi connectivity index (χ0n) is 14.3. The van der Waals surface area contributed by atoms with Crippen molar-refractivity contribution in [1.82, 2.24) is 14.6 Å². The lowest BCUT2D eigenvalue weighted by molar-refractivity contribution is 0.0571. The summed E-state index contributed by atoms with van der Waals surface area (Å²) in [6, 6.07) is 1.62. The summed E-state index contributed by atoms with van der Waals surface area (Å²) in [6.07, 6.45) is 2.06. The predicted octanol–water partition coefficient (Wildman–Crippen LogP) is 3.92. The molecule has 0 saturated carbocycles. The van der Waals surface area contributed by atoms with Gasteiger partial charge in [-0.2, -0.15) is 9.61 Å². The number of ether oxygens (including phenoxy) is 2. The fraction of sp³-hybridized carbons (Fsp3) is 0.562. The lowest BCUT2D eigenvalue weighted by Gasteiger charge is -2.29. The molecule has 9 heteroatoms. The normalized spacial score (nSPS) is 17.9. The second kappa shape index (κ2) is 7.09. The van der Waals surface area contributed by atoms with Gasteiger partial charge in [-0.1, -0.05) is 11.6 Å². The Hall–Kier alpha value is -1.38. The van der Waals surface area contributed by atoms with E-state index in [2.05, 4.69) is 26.0 Å². The molecule has 2 aromatic heterocycles. The third kappa shape index (κ3) is 4.24. The summed E-state index contributed by atoms with van der Waals surface area (Å²) in [5.74, 6) is 0.746. The highest BCUT2D eigenvalue weighted by molar-refractivity contribution is 9.10. The molecule has 25 heavy (non-hydrogen) atoms. The van der Waals surface area contributed by atoms with Crippen molar-refractivity contribution in [3.63, 3.8) is 0 Å². The van der Waals surface area contributed by atoms with Crippen molar-refractivity contribution in [3.05, 3.63) is 21.9 Å². The standard InChI is InChI=1S/C16H20BrClN4O3/c1-16(2,3)25-15(23)21(8-10-4-5-24-9-10)13-6-12(18)20-14-11(17)7-19-22(13)14/h6-7,10H,4-5,8-9H2,1-3H3. The topological polar surface area (TPSA) is 69.0 Å². The van der Waals surface area contributed by atoms with Crippen LogP contribution in [0.1, 0.15) is 27.2 Å². The predicted molar refractivity (Wildman–Crippen MR) is 98.2 cm³/mol. The van der Waals surface area contributed by atoms with E-state index in [1.165, 1.54) is 0 Å². The first-order valence-electron chi connectivity index (χ1n) is 8.02. The van der Waals surface area contributed by atoms with Gasteiger partial charge in [-0.3, -0.25) is 4.90 Å².